The van der Waals surface area contributed by atoms with Crippen LogP contribution in [-0.4, -0.2) is 24.8 Å². The number of carbonyl (C=O) groups excluding carboxylic acids is 1. The van der Waals surface area contributed by atoms with E-state index in [-0.39, 0.29) is 11.3 Å². The van der Waals surface area contributed by atoms with Crippen molar-refractivity contribution in [2.75, 3.05) is 13.2 Å². The highest BCUT2D eigenvalue weighted by Gasteiger charge is 2.65. The molecule has 0 radical (unpaired) electrons. The molecule has 6 atom stereocenters. The van der Waals surface area contributed by atoms with Gasteiger partial charge in [-0.3, -0.25) is 4.79 Å². The van der Waals surface area contributed by atoms with Crippen molar-refractivity contribution in [3.8, 4) is 0 Å². The fraction of sp³-hybridized carbons (Fsp3) is 0.957. The zero-order chi connectivity index (χ0) is 18.4. The average molecular weight is 361 g/mol. The average Bonchev–Trinajstić information content (AvgIpc) is 3.13. The van der Waals surface area contributed by atoms with Crippen LogP contribution >= 0.6 is 0 Å². The van der Waals surface area contributed by atoms with Gasteiger partial charge >= 0.3 is 0 Å². The molecule has 1 aliphatic heterocycles. The molecule has 0 amide bonds. The summed E-state index contributed by atoms with van der Waals surface area (Å²) < 4.78 is 12.0. The van der Waals surface area contributed by atoms with E-state index in [1.165, 1.54) is 25.7 Å². The van der Waals surface area contributed by atoms with Gasteiger partial charge in [-0.1, -0.05) is 27.7 Å². The summed E-state index contributed by atoms with van der Waals surface area (Å²) in [5.74, 6) is 2.30. The van der Waals surface area contributed by atoms with Crippen molar-refractivity contribution < 1.29 is 14.3 Å². The topological polar surface area (TPSA) is 35.5 Å². The Labute approximate surface area is 158 Å². The molecule has 146 valence electrons. The minimum absolute atomic E-state index is 0.148. The largest absolute Gasteiger partial charge is 0.348 e. The molecule has 0 aromatic heterocycles. The van der Waals surface area contributed by atoms with E-state index in [1.54, 1.807) is 0 Å². The summed E-state index contributed by atoms with van der Waals surface area (Å²) in [6.45, 7) is 11.3. The molecule has 0 aromatic carbocycles. The summed E-state index contributed by atoms with van der Waals surface area (Å²) in [6, 6.07) is 0. The lowest BCUT2D eigenvalue weighted by atomic mass is 9.43. The standard InChI is InChI=1S/C23H36O3/c1-20(2)7-5-17-15-13-19(24)18-14-23(25-11-12-26-23)10-9-21(18,3)16(15)6-8-22(17,20)4/h15-18H,5-14H2,1-4H3/t15?,16?,17?,18-,21-,22+/m1/s1. The van der Waals surface area contributed by atoms with E-state index in [2.05, 4.69) is 27.7 Å². The highest BCUT2D eigenvalue weighted by molar-refractivity contribution is 5.83. The first-order chi connectivity index (χ1) is 12.2. The molecule has 3 nitrogen and oxygen atoms in total. The summed E-state index contributed by atoms with van der Waals surface area (Å²) in [7, 11) is 0. The first kappa shape index (κ1) is 17.7. The number of carbonyl (C=O) groups is 1. The maximum atomic E-state index is 13.4. The van der Waals surface area contributed by atoms with Crippen molar-refractivity contribution in [1.29, 1.82) is 0 Å². The smallest absolute Gasteiger partial charge is 0.169 e. The van der Waals surface area contributed by atoms with E-state index in [9.17, 15) is 4.79 Å². The summed E-state index contributed by atoms with van der Waals surface area (Å²) >= 11 is 0. The van der Waals surface area contributed by atoms with Gasteiger partial charge in [0.15, 0.2) is 5.79 Å². The van der Waals surface area contributed by atoms with Gasteiger partial charge in [0.2, 0.25) is 0 Å². The molecule has 5 rings (SSSR count). The van der Waals surface area contributed by atoms with Crippen LogP contribution in [0.15, 0.2) is 0 Å². The highest BCUT2D eigenvalue weighted by Crippen LogP contribution is 2.70. The van der Waals surface area contributed by atoms with E-state index in [0.29, 0.717) is 35.7 Å². The Morgan fingerprint density at radius 3 is 2.31 bits per heavy atom. The molecule has 1 saturated heterocycles. The second kappa shape index (κ2) is 5.35. The van der Waals surface area contributed by atoms with Crippen molar-refractivity contribution in [3.63, 3.8) is 0 Å². The second-order valence-electron chi connectivity index (χ2n) is 11.3. The lowest BCUT2D eigenvalue weighted by molar-refractivity contribution is -0.226. The van der Waals surface area contributed by atoms with E-state index < -0.39 is 5.79 Å². The van der Waals surface area contributed by atoms with Crippen LogP contribution in [0.5, 0.6) is 0 Å². The molecule has 4 saturated carbocycles. The third-order valence-electron chi connectivity index (χ3n) is 10.3. The van der Waals surface area contributed by atoms with Crippen LogP contribution in [0.25, 0.3) is 0 Å². The molecule has 0 N–H and O–H groups in total. The number of hydrogen-bond acceptors (Lipinski definition) is 3. The highest BCUT2D eigenvalue weighted by atomic mass is 16.7. The third kappa shape index (κ3) is 2.11. The van der Waals surface area contributed by atoms with Gasteiger partial charge in [-0.15, -0.1) is 0 Å². The van der Waals surface area contributed by atoms with E-state index >= 15 is 0 Å². The van der Waals surface area contributed by atoms with Crippen LogP contribution in [-0.2, 0) is 14.3 Å². The van der Waals surface area contributed by atoms with Crippen LogP contribution in [0.3, 0.4) is 0 Å². The molecular formula is C23H36O3. The van der Waals surface area contributed by atoms with Crippen LogP contribution in [0.2, 0.25) is 0 Å². The summed E-state index contributed by atoms with van der Waals surface area (Å²) in [5.41, 5.74) is 1.01. The van der Waals surface area contributed by atoms with Crippen LogP contribution in [0.1, 0.15) is 79.1 Å². The predicted molar refractivity (Wildman–Crippen MR) is 101 cm³/mol. The zero-order valence-corrected chi connectivity index (χ0v) is 17.1. The van der Waals surface area contributed by atoms with E-state index in [1.807, 2.05) is 0 Å². The Morgan fingerprint density at radius 1 is 0.885 bits per heavy atom. The van der Waals surface area contributed by atoms with E-state index in [0.717, 1.165) is 37.5 Å². The summed E-state index contributed by atoms with van der Waals surface area (Å²) in [5, 5.41) is 0. The Hall–Kier alpha value is -0.410. The van der Waals surface area contributed by atoms with Crippen LogP contribution in [0, 0.1) is 39.9 Å². The quantitative estimate of drug-likeness (QED) is 0.611. The van der Waals surface area contributed by atoms with Crippen LogP contribution in [0.4, 0.5) is 0 Å². The molecule has 4 aliphatic carbocycles. The Bertz CT molecular complexity index is 619. The Balaban J connectivity index is 1.46. The van der Waals surface area contributed by atoms with Gasteiger partial charge < -0.3 is 9.47 Å². The van der Waals surface area contributed by atoms with Gasteiger partial charge in [-0.05, 0) is 66.1 Å². The second-order valence-corrected chi connectivity index (χ2v) is 11.3. The van der Waals surface area contributed by atoms with Crippen molar-refractivity contribution in [2.45, 2.75) is 84.8 Å². The number of fused-ring (bicyclic) bond motifs is 5. The predicted octanol–water partition coefficient (Wildman–Crippen LogP) is 4.98. The monoisotopic (exact) mass is 360 g/mol. The first-order valence-corrected chi connectivity index (χ1v) is 11.0. The molecule has 0 bridgehead atoms. The normalized spacial score (nSPS) is 51.8. The summed E-state index contributed by atoms with van der Waals surface area (Å²) in [4.78, 5) is 13.4. The minimum Gasteiger partial charge on any atom is -0.348 e. The van der Waals surface area contributed by atoms with Crippen molar-refractivity contribution in [2.24, 2.45) is 39.9 Å². The number of ether oxygens (including phenoxy) is 2. The number of hydrogen-bond donors (Lipinski definition) is 0. The van der Waals surface area contributed by atoms with Gasteiger partial charge in [-0.25, -0.2) is 0 Å². The molecule has 0 aromatic rings. The summed E-state index contributed by atoms with van der Waals surface area (Å²) in [6.07, 6.45) is 9.01. The molecular weight excluding hydrogens is 324 g/mol. The van der Waals surface area contributed by atoms with Gasteiger partial charge in [0.05, 0.1) is 13.2 Å². The van der Waals surface area contributed by atoms with Crippen LogP contribution < -0.4 is 0 Å². The number of ketones is 1. The fourth-order valence-electron chi connectivity index (χ4n) is 8.23. The molecule has 3 heteroatoms. The third-order valence-corrected chi connectivity index (χ3v) is 10.3. The van der Waals surface area contributed by atoms with Gasteiger partial charge in [0.25, 0.3) is 0 Å². The molecule has 1 heterocycles. The number of Topliss-reactive ketones (excluding diaryl/α,β-unsaturated/α-hetero) is 1. The zero-order valence-electron chi connectivity index (χ0n) is 17.1. The number of rotatable bonds is 0. The maximum Gasteiger partial charge on any atom is 0.169 e. The molecule has 5 aliphatic rings. The minimum atomic E-state index is -0.439. The Kier molecular flexibility index (Phi) is 3.63. The van der Waals surface area contributed by atoms with Gasteiger partial charge in [0, 0.05) is 25.2 Å². The first-order valence-electron chi connectivity index (χ1n) is 11.0. The lowest BCUT2D eigenvalue weighted by Gasteiger charge is -2.61. The maximum absolute atomic E-state index is 13.4. The van der Waals surface area contributed by atoms with Gasteiger partial charge in [0.1, 0.15) is 5.78 Å². The Morgan fingerprint density at radius 2 is 1.58 bits per heavy atom. The van der Waals surface area contributed by atoms with Crippen molar-refractivity contribution in [3.05, 3.63) is 0 Å². The molecule has 26 heavy (non-hydrogen) atoms. The molecule has 1 spiro atoms. The van der Waals surface area contributed by atoms with Gasteiger partial charge in [-0.2, -0.15) is 0 Å². The molecule has 3 unspecified atom stereocenters. The molecule has 5 fully saturated rings. The van der Waals surface area contributed by atoms with E-state index in [4.69, 9.17) is 9.47 Å². The SMILES string of the molecule is CC1(C)CCC2C3CC(=O)[C@H]4CC5(CC[C@]4(C)C3CC[C@@]21C)OCCO5. The van der Waals surface area contributed by atoms with Crippen molar-refractivity contribution in [1.82, 2.24) is 0 Å². The fourth-order valence-corrected chi connectivity index (χ4v) is 8.23. The lowest BCUT2D eigenvalue weighted by Crippen LogP contribution is -2.59. The van der Waals surface area contributed by atoms with Crippen molar-refractivity contribution >= 4 is 5.78 Å².